The number of nitrogens with one attached hydrogen (secondary N) is 1. The molecule has 5 aromatic rings. The molecule has 0 saturated heterocycles. The number of rotatable bonds is 5. The smallest absolute Gasteiger partial charge is 0.343 e. The zero-order valence-corrected chi connectivity index (χ0v) is 19.2. The second-order valence-corrected chi connectivity index (χ2v) is 8.26. The van der Waals surface area contributed by atoms with Crippen LogP contribution in [0.4, 0.5) is 0 Å². The molecule has 0 radical (unpaired) electrons. The summed E-state index contributed by atoms with van der Waals surface area (Å²) in [6.45, 7) is 0. The van der Waals surface area contributed by atoms with Gasteiger partial charge in [0.1, 0.15) is 5.75 Å². The van der Waals surface area contributed by atoms with E-state index < -0.39 is 5.97 Å². The van der Waals surface area contributed by atoms with Crippen LogP contribution in [0.25, 0.3) is 21.5 Å². The normalized spacial score (nSPS) is 11.1. The number of hydrogen-bond acceptors (Lipinski definition) is 4. The molecule has 6 heteroatoms. The summed E-state index contributed by atoms with van der Waals surface area (Å²) in [4.78, 5) is 25.6. The molecule has 1 N–H and O–H groups in total. The van der Waals surface area contributed by atoms with Crippen LogP contribution in [-0.4, -0.2) is 18.1 Å². The van der Waals surface area contributed by atoms with Crippen LogP contribution in [0.1, 0.15) is 26.3 Å². The molecule has 0 spiro atoms. The molecule has 0 fully saturated rings. The van der Waals surface area contributed by atoms with Crippen molar-refractivity contribution in [3.63, 3.8) is 0 Å². The predicted octanol–water partition coefficient (Wildman–Crippen LogP) is 6.63. The van der Waals surface area contributed by atoms with Crippen LogP contribution >= 0.6 is 11.6 Å². The maximum absolute atomic E-state index is 12.9. The summed E-state index contributed by atoms with van der Waals surface area (Å²) in [7, 11) is 0. The Labute approximate surface area is 206 Å². The van der Waals surface area contributed by atoms with Crippen LogP contribution in [0.2, 0.25) is 5.02 Å². The van der Waals surface area contributed by atoms with Crippen molar-refractivity contribution in [2.24, 2.45) is 5.10 Å². The van der Waals surface area contributed by atoms with Gasteiger partial charge in [0.2, 0.25) is 0 Å². The summed E-state index contributed by atoms with van der Waals surface area (Å²) < 4.78 is 5.69. The SMILES string of the molecule is O=C(Oc1ccc2ccccc2c1/C=N\NC(=O)c1cccc2ccccc12)c1ccc(Cl)cc1. The largest absolute Gasteiger partial charge is 0.422 e. The Balaban J connectivity index is 1.45. The van der Waals surface area contributed by atoms with Gasteiger partial charge in [0.15, 0.2) is 0 Å². The summed E-state index contributed by atoms with van der Waals surface area (Å²) in [5.74, 6) is -0.531. The highest BCUT2D eigenvalue weighted by Crippen LogP contribution is 2.28. The second-order valence-electron chi connectivity index (χ2n) is 7.82. The van der Waals surface area contributed by atoms with Crippen LogP contribution in [-0.2, 0) is 0 Å². The summed E-state index contributed by atoms with van der Waals surface area (Å²) in [6.07, 6.45) is 1.50. The molecule has 0 unspecified atom stereocenters. The van der Waals surface area contributed by atoms with Crippen molar-refractivity contribution >= 4 is 51.2 Å². The first-order valence-electron chi connectivity index (χ1n) is 10.9. The number of amides is 1. The van der Waals surface area contributed by atoms with Crippen molar-refractivity contribution in [3.8, 4) is 5.75 Å². The first kappa shape index (κ1) is 22.3. The van der Waals surface area contributed by atoms with E-state index in [0.717, 1.165) is 21.5 Å². The van der Waals surface area contributed by atoms with Gasteiger partial charge in [-0.15, -0.1) is 0 Å². The van der Waals surface area contributed by atoms with E-state index in [-0.39, 0.29) is 5.91 Å². The van der Waals surface area contributed by atoms with E-state index >= 15 is 0 Å². The van der Waals surface area contributed by atoms with Gasteiger partial charge in [0, 0.05) is 16.1 Å². The van der Waals surface area contributed by atoms with Gasteiger partial charge in [-0.1, -0.05) is 78.3 Å². The van der Waals surface area contributed by atoms with Crippen LogP contribution < -0.4 is 10.2 Å². The summed E-state index contributed by atoms with van der Waals surface area (Å²) >= 11 is 5.92. The molecule has 5 rings (SSSR count). The van der Waals surface area contributed by atoms with E-state index in [1.165, 1.54) is 6.21 Å². The van der Waals surface area contributed by atoms with Crippen LogP contribution in [0, 0.1) is 0 Å². The van der Waals surface area contributed by atoms with Crippen molar-refractivity contribution < 1.29 is 14.3 Å². The van der Waals surface area contributed by atoms with Gasteiger partial charge in [-0.2, -0.15) is 5.10 Å². The van der Waals surface area contributed by atoms with Gasteiger partial charge >= 0.3 is 5.97 Å². The number of fused-ring (bicyclic) bond motifs is 2. The van der Waals surface area contributed by atoms with Gasteiger partial charge in [-0.3, -0.25) is 4.79 Å². The number of carbonyl (C=O) groups excluding carboxylic acids is 2. The minimum atomic E-state index is -0.522. The van der Waals surface area contributed by atoms with Gasteiger partial charge in [0.05, 0.1) is 11.8 Å². The Morgan fingerprint density at radius 2 is 1.40 bits per heavy atom. The highest BCUT2D eigenvalue weighted by atomic mass is 35.5. The van der Waals surface area contributed by atoms with Crippen molar-refractivity contribution in [3.05, 3.63) is 125 Å². The Kier molecular flexibility index (Phi) is 6.24. The zero-order chi connectivity index (χ0) is 24.2. The summed E-state index contributed by atoms with van der Waals surface area (Å²) in [5, 5.41) is 8.30. The third-order valence-electron chi connectivity index (χ3n) is 5.61. The molecule has 0 bridgehead atoms. The number of carbonyl (C=O) groups is 2. The topological polar surface area (TPSA) is 67.8 Å². The lowest BCUT2D eigenvalue weighted by molar-refractivity contribution is 0.0734. The number of nitrogens with zero attached hydrogens (tertiary/aromatic N) is 1. The molecule has 0 aliphatic heterocycles. The van der Waals surface area contributed by atoms with E-state index in [1.54, 1.807) is 36.4 Å². The summed E-state index contributed by atoms with van der Waals surface area (Å²) in [5.41, 5.74) is 4.06. The van der Waals surface area contributed by atoms with Crippen molar-refractivity contribution in [1.29, 1.82) is 0 Å². The molecule has 170 valence electrons. The maximum Gasteiger partial charge on any atom is 0.343 e. The van der Waals surface area contributed by atoms with Crippen LogP contribution in [0.3, 0.4) is 0 Å². The lowest BCUT2D eigenvalue weighted by atomic mass is 10.0. The van der Waals surface area contributed by atoms with Crippen molar-refractivity contribution in [2.45, 2.75) is 0 Å². The Morgan fingerprint density at radius 1 is 0.743 bits per heavy atom. The van der Waals surface area contributed by atoms with Crippen molar-refractivity contribution in [1.82, 2.24) is 5.43 Å². The number of hydrogen-bond donors (Lipinski definition) is 1. The lowest BCUT2D eigenvalue weighted by Gasteiger charge is -2.11. The van der Waals surface area contributed by atoms with E-state index in [1.807, 2.05) is 66.7 Å². The zero-order valence-electron chi connectivity index (χ0n) is 18.4. The molecular weight excluding hydrogens is 460 g/mol. The average molecular weight is 479 g/mol. The van der Waals surface area contributed by atoms with Gasteiger partial charge < -0.3 is 4.74 Å². The molecule has 0 aliphatic rings. The molecule has 0 aromatic heterocycles. The number of ether oxygens (including phenoxy) is 1. The highest BCUT2D eigenvalue weighted by Gasteiger charge is 2.14. The highest BCUT2D eigenvalue weighted by molar-refractivity contribution is 6.30. The number of hydrazone groups is 1. The third kappa shape index (κ3) is 4.76. The van der Waals surface area contributed by atoms with E-state index in [9.17, 15) is 9.59 Å². The molecule has 1 amide bonds. The van der Waals surface area contributed by atoms with Crippen molar-refractivity contribution in [2.75, 3.05) is 0 Å². The van der Waals surface area contributed by atoms with Crippen LogP contribution in [0.15, 0.2) is 108 Å². The minimum Gasteiger partial charge on any atom is -0.422 e. The molecule has 0 heterocycles. The fourth-order valence-corrected chi connectivity index (χ4v) is 4.01. The number of benzene rings is 5. The van der Waals surface area contributed by atoms with E-state index in [0.29, 0.717) is 27.5 Å². The monoisotopic (exact) mass is 478 g/mol. The fourth-order valence-electron chi connectivity index (χ4n) is 3.88. The second kappa shape index (κ2) is 9.79. The Bertz CT molecular complexity index is 1590. The minimum absolute atomic E-state index is 0.326. The third-order valence-corrected chi connectivity index (χ3v) is 5.86. The first-order valence-corrected chi connectivity index (χ1v) is 11.3. The molecular formula is C29H19ClN2O3. The standard InChI is InChI=1S/C29H19ClN2O3/c30-22-15-12-21(13-16-22)29(34)35-27-17-14-20-7-2-4-10-24(20)26(27)18-31-32-28(33)25-11-5-8-19-6-1-3-9-23(19)25/h1-18H,(H,32,33)/b31-18-. The molecule has 35 heavy (non-hydrogen) atoms. The van der Waals surface area contributed by atoms with E-state index in [4.69, 9.17) is 16.3 Å². The molecule has 0 saturated carbocycles. The molecule has 0 atom stereocenters. The van der Waals surface area contributed by atoms with Gasteiger partial charge in [-0.05, 0) is 57.9 Å². The first-order chi connectivity index (χ1) is 17.1. The summed E-state index contributed by atoms with van der Waals surface area (Å²) in [6, 6.07) is 30.9. The van der Waals surface area contributed by atoms with Crippen LogP contribution in [0.5, 0.6) is 5.75 Å². The number of esters is 1. The fraction of sp³-hybridized carbons (Fsp3) is 0. The van der Waals surface area contributed by atoms with Gasteiger partial charge in [0.25, 0.3) is 5.91 Å². The molecule has 5 nitrogen and oxygen atoms in total. The lowest BCUT2D eigenvalue weighted by Crippen LogP contribution is -2.18. The average Bonchev–Trinajstić information content (AvgIpc) is 2.89. The molecule has 5 aromatic carbocycles. The molecule has 0 aliphatic carbocycles. The van der Waals surface area contributed by atoms with Gasteiger partial charge in [-0.25, -0.2) is 10.2 Å². The maximum atomic E-state index is 12.9. The number of halogens is 1. The Morgan fingerprint density at radius 3 is 2.17 bits per heavy atom. The van der Waals surface area contributed by atoms with E-state index in [2.05, 4.69) is 10.5 Å². The Hall–Kier alpha value is -4.48. The quantitative estimate of drug-likeness (QED) is 0.133. The predicted molar refractivity (Wildman–Crippen MR) is 139 cm³/mol.